The number of rotatable bonds is 3. The number of pyridine rings is 2. The van der Waals surface area contributed by atoms with Crippen LogP contribution in [0.1, 0.15) is 17.7 Å². The molecule has 5 heterocycles. The molecule has 0 aromatic carbocycles. The van der Waals surface area contributed by atoms with Crippen molar-refractivity contribution >= 4 is 16.6 Å². The van der Waals surface area contributed by atoms with Gasteiger partial charge in [-0.2, -0.15) is 0 Å². The topological polar surface area (TPSA) is 79.4 Å². The highest BCUT2D eigenvalue weighted by Gasteiger charge is 2.15. The van der Waals surface area contributed by atoms with Crippen LogP contribution in [0, 0.1) is 6.92 Å². The van der Waals surface area contributed by atoms with E-state index in [0.717, 1.165) is 58.8 Å². The van der Waals surface area contributed by atoms with Gasteiger partial charge in [0.05, 0.1) is 5.69 Å². The second kappa shape index (κ2) is 6.98. The molecule has 0 aliphatic carbocycles. The van der Waals surface area contributed by atoms with E-state index in [0.29, 0.717) is 5.82 Å². The normalized spacial score (nSPS) is 14.2. The average Bonchev–Trinajstić information content (AvgIpc) is 3.22. The largest absolute Gasteiger partial charge is 0.346 e. The summed E-state index contributed by atoms with van der Waals surface area (Å²) in [7, 11) is 0. The summed E-state index contributed by atoms with van der Waals surface area (Å²) < 4.78 is 0. The first kappa shape index (κ1) is 16.8. The number of hydrogen-bond donors (Lipinski definition) is 2. The van der Waals surface area contributed by atoms with E-state index in [9.17, 15) is 0 Å². The van der Waals surface area contributed by atoms with E-state index in [-0.39, 0.29) is 0 Å². The molecule has 0 saturated carbocycles. The lowest BCUT2D eigenvalue weighted by Gasteiger charge is -2.15. The third-order valence-corrected chi connectivity index (χ3v) is 4.98. The van der Waals surface area contributed by atoms with Gasteiger partial charge >= 0.3 is 0 Å². The maximum atomic E-state index is 4.88. The molecule has 28 heavy (non-hydrogen) atoms. The summed E-state index contributed by atoms with van der Waals surface area (Å²) in [5.74, 6) is 0.611. The van der Waals surface area contributed by atoms with Crippen molar-refractivity contribution in [1.29, 1.82) is 0 Å². The van der Waals surface area contributed by atoms with Gasteiger partial charge in [0.15, 0.2) is 5.82 Å². The summed E-state index contributed by atoms with van der Waals surface area (Å²) in [5.41, 5.74) is 6.84. The summed E-state index contributed by atoms with van der Waals surface area (Å²) in [4.78, 5) is 21.9. The van der Waals surface area contributed by atoms with E-state index >= 15 is 0 Å². The molecule has 0 atom stereocenters. The van der Waals surface area contributed by atoms with Crippen molar-refractivity contribution in [2.24, 2.45) is 0 Å². The number of aromatic amines is 1. The number of nitrogens with one attached hydrogen (secondary N) is 2. The Kier molecular flexibility index (Phi) is 4.18. The van der Waals surface area contributed by atoms with E-state index in [1.807, 2.05) is 49.8 Å². The van der Waals surface area contributed by atoms with E-state index in [4.69, 9.17) is 4.98 Å². The molecule has 0 unspecified atom stereocenters. The lowest BCUT2D eigenvalue weighted by atomic mass is 9.99. The predicted octanol–water partition coefficient (Wildman–Crippen LogP) is 3.77. The fraction of sp³-hybridized carbons (Fsp3) is 0.182. The number of fused-ring (bicyclic) bond motifs is 1. The molecule has 0 saturated heterocycles. The van der Waals surface area contributed by atoms with Crippen LogP contribution in [0.25, 0.3) is 39.4 Å². The molecule has 6 heteroatoms. The zero-order chi connectivity index (χ0) is 18.9. The second-order valence-corrected chi connectivity index (χ2v) is 6.95. The van der Waals surface area contributed by atoms with Gasteiger partial charge in [-0.25, -0.2) is 15.0 Å². The van der Waals surface area contributed by atoms with Crippen LogP contribution in [0.5, 0.6) is 0 Å². The molecule has 0 bridgehead atoms. The van der Waals surface area contributed by atoms with Gasteiger partial charge in [-0.05, 0) is 55.3 Å². The minimum atomic E-state index is 0.611. The van der Waals surface area contributed by atoms with Crippen molar-refractivity contribution in [2.45, 2.75) is 13.3 Å². The van der Waals surface area contributed by atoms with Crippen molar-refractivity contribution in [3.63, 3.8) is 0 Å². The Bertz CT molecular complexity index is 1190. The van der Waals surface area contributed by atoms with E-state index in [2.05, 4.69) is 37.4 Å². The van der Waals surface area contributed by atoms with Crippen LogP contribution in [-0.2, 0) is 0 Å². The first-order valence-corrected chi connectivity index (χ1v) is 9.43. The molecule has 1 aliphatic rings. The second-order valence-electron chi connectivity index (χ2n) is 6.95. The third-order valence-electron chi connectivity index (χ3n) is 4.98. The van der Waals surface area contributed by atoms with E-state index < -0.39 is 0 Å². The first-order chi connectivity index (χ1) is 13.8. The van der Waals surface area contributed by atoms with Crippen molar-refractivity contribution < 1.29 is 0 Å². The summed E-state index contributed by atoms with van der Waals surface area (Å²) in [5, 5.41) is 4.33. The molecule has 0 radical (unpaired) electrons. The number of H-pyrrole nitrogens is 1. The van der Waals surface area contributed by atoms with Crippen LogP contribution in [0.2, 0.25) is 0 Å². The maximum Gasteiger partial charge on any atom is 0.180 e. The summed E-state index contributed by atoms with van der Waals surface area (Å²) in [6, 6.07) is 10.1. The van der Waals surface area contributed by atoms with Gasteiger partial charge in [0.2, 0.25) is 0 Å². The van der Waals surface area contributed by atoms with Gasteiger partial charge in [-0.15, -0.1) is 0 Å². The van der Waals surface area contributed by atoms with Crippen molar-refractivity contribution in [2.75, 3.05) is 13.1 Å². The SMILES string of the molecule is Cc1cccc(-c2nc(-c3cncc(C4=CCNCC4)c3)c3cc[nH]c3n2)n1. The lowest BCUT2D eigenvalue weighted by molar-refractivity contribution is 0.738. The van der Waals surface area contributed by atoms with Gasteiger partial charge < -0.3 is 10.3 Å². The number of aryl methyl sites for hydroxylation is 1. The Morgan fingerprint density at radius 3 is 2.79 bits per heavy atom. The van der Waals surface area contributed by atoms with Crippen molar-refractivity contribution in [1.82, 2.24) is 30.2 Å². The molecule has 0 fully saturated rings. The minimum absolute atomic E-state index is 0.611. The third kappa shape index (κ3) is 3.08. The fourth-order valence-corrected chi connectivity index (χ4v) is 3.57. The smallest absolute Gasteiger partial charge is 0.180 e. The molecule has 6 nitrogen and oxygen atoms in total. The van der Waals surface area contributed by atoms with Gasteiger partial charge in [0.1, 0.15) is 11.3 Å². The summed E-state index contributed by atoms with van der Waals surface area (Å²) in [6.07, 6.45) is 8.93. The summed E-state index contributed by atoms with van der Waals surface area (Å²) >= 11 is 0. The molecule has 138 valence electrons. The molecule has 1 aliphatic heterocycles. The lowest BCUT2D eigenvalue weighted by Crippen LogP contribution is -2.20. The Morgan fingerprint density at radius 2 is 1.93 bits per heavy atom. The van der Waals surface area contributed by atoms with Gasteiger partial charge in [-0.3, -0.25) is 4.98 Å². The average molecular weight is 368 g/mol. The predicted molar refractivity (Wildman–Crippen MR) is 111 cm³/mol. The Balaban J connectivity index is 1.66. The standard InChI is InChI=1S/C22H20N6/c1-14-3-2-4-19(26-14)22-27-20(18-7-10-25-21(18)28-22)17-11-16(12-24-13-17)15-5-8-23-9-6-15/h2-5,7,10-13,23H,6,8-9H2,1H3,(H,25,27,28). The monoisotopic (exact) mass is 368 g/mol. The van der Waals surface area contributed by atoms with Crippen LogP contribution in [-0.4, -0.2) is 38.0 Å². The first-order valence-electron chi connectivity index (χ1n) is 9.43. The van der Waals surface area contributed by atoms with Gasteiger partial charge in [0, 0.05) is 41.8 Å². The van der Waals surface area contributed by atoms with Crippen LogP contribution in [0.4, 0.5) is 0 Å². The fourth-order valence-electron chi connectivity index (χ4n) is 3.57. The molecule has 4 aromatic rings. The Labute approximate surface area is 162 Å². The minimum Gasteiger partial charge on any atom is -0.346 e. The Morgan fingerprint density at radius 1 is 1.00 bits per heavy atom. The number of nitrogens with zero attached hydrogens (tertiary/aromatic N) is 4. The van der Waals surface area contributed by atoms with E-state index in [1.54, 1.807) is 0 Å². The number of hydrogen-bond acceptors (Lipinski definition) is 5. The highest BCUT2D eigenvalue weighted by atomic mass is 15.0. The van der Waals surface area contributed by atoms with Gasteiger partial charge in [-0.1, -0.05) is 12.1 Å². The molecule has 5 rings (SSSR count). The zero-order valence-electron chi connectivity index (χ0n) is 15.6. The van der Waals surface area contributed by atoms with Crippen LogP contribution >= 0.6 is 0 Å². The summed E-state index contributed by atoms with van der Waals surface area (Å²) in [6.45, 7) is 3.87. The van der Waals surface area contributed by atoms with Crippen LogP contribution < -0.4 is 5.32 Å². The van der Waals surface area contributed by atoms with E-state index in [1.165, 1.54) is 5.57 Å². The zero-order valence-corrected chi connectivity index (χ0v) is 15.6. The molecular weight excluding hydrogens is 348 g/mol. The molecule has 0 amide bonds. The van der Waals surface area contributed by atoms with Crippen LogP contribution in [0.15, 0.2) is 55.0 Å². The maximum absolute atomic E-state index is 4.88. The molecule has 0 spiro atoms. The highest BCUT2D eigenvalue weighted by Crippen LogP contribution is 2.30. The van der Waals surface area contributed by atoms with Gasteiger partial charge in [0.25, 0.3) is 0 Å². The molecule has 4 aromatic heterocycles. The van der Waals surface area contributed by atoms with Crippen molar-refractivity contribution in [3.8, 4) is 22.8 Å². The molecular formula is C22H20N6. The molecule has 2 N–H and O–H groups in total. The quantitative estimate of drug-likeness (QED) is 0.575. The highest BCUT2D eigenvalue weighted by molar-refractivity contribution is 5.92. The van der Waals surface area contributed by atoms with Crippen LogP contribution in [0.3, 0.4) is 0 Å². The number of aromatic nitrogens is 5. The van der Waals surface area contributed by atoms with Crippen molar-refractivity contribution in [3.05, 3.63) is 66.3 Å². The Hall–Kier alpha value is -3.38.